The molecular weight excluding hydrogens is 243 g/mol. The van der Waals surface area contributed by atoms with Crippen molar-refractivity contribution in [3.8, 4) is 11.3 Å². The average molecular weight is 260 g/mol. The third-order valence-electron chi connectivity index (χ3n) is 3.55. The molecule has 4 nitrogen and oxygen atoms in total. The molecule has 0 unspecified atom stereocenters. The molecule has 1 aromatic heterocycles. The number of nitrogens with zero attached hydrogens (tertiary/aromatic N) is 2. The van der Waals surface area contributed by atoms with Crippen LogP contribution in [0.1, 0.15) is 19.3 Å². The third-order valence-corrected chi connectivity index (χ3v) is 3.55. The van der Waals surface area contributed by atoms with Gasteiger partial charge in [0.15, 0.2) is 0 Å². The fourth-order valence-electron chi connectivity index (χ4n) is 2.55. The third kappa shape index (κ3) is 2.41. The van der Waals surface area contributed by atoms with Gasteiger partial charge in [0, 0.05) is 24.7 Å². The second-order valence-electron chi connectivity index (χ2n) is 4.92. The molecule has 1 fully saturated rings. The molecule has 1 aliphatic rings. The van der Waals surface area contributed by atoms with Gasteiger partial charge in [-0.3, -0.25) is 5.10 Å². The van der Waals surface area contributed by atoms with Crippen LogP contribution in [0.4, 0.5) is 15.9 Å². The number of anilines is 2. The fraction of sp³-hybridized carbons (Fsp3) is 0.357. The first-order valence-electron chi connectivity index (χ1n) is 6.60. The molecule has 0 radical (unpaired) electrons. The van der Waals surface area contributed by atoms with E-state index in [2.05, 4.69) is 15.1 Å². The molecular formula is C14H17FN4. The first kappa shape index (κ1) is 12.0. The van der Waals surface area contributed by atoms with Crippen LogP contribution in [0.15, 0.2) is 24.3 Å². The van der Waals surface area contributed by atoms with Crippen LogP contribution in [-0.4, -0.2) is 23.3 Å². The lowest BCUT2D eigenvalue weighted by Gasteiger charge is -2.29. The lowest BCUT2D eigenvalue weighted by atomic mass is 10.1. The molecule has 2 aromatic rings. The molecule has 1 saturated heterocycles. The molecule has 0 spiro atoms. The Hall–Kier alpha value is -2.04. The van der Waals surface area contributed by atoms with Gasteiger partial charge in [-0.1, -0.05) is 6.07 Å². The van der Waals surface area contributed by atoms with E-state index >= 15 is 0 Å². The molecule has 2 heterocycles. The van der Waals surface area contributed by atoms with Crippen LogP contribution >= 0.6 is 0 Å². The number of H-pyrrole nitrogens is 1. The van der Waals surface area contributed by atoms with Crippen molar-refractivity contribution in [1.82, 2.24) is 10.2 Å². The molecule has 19 heavy (non-hydrogen) atoms. The van der Waals surface area contributed by atoms with E-state index in [1.54, 1.807) is 6.07 Å². The Morgan fingerprint density at radius 1 is 1.16 bits per heavy atom. The van der Waals surface area contributed by atoms with E-state index in [9.17, 15) is 4.39 Å². The predicted molar refractivity (Wildman–Crippen MR) is 74.5 cm³/mol. The molecule has 0 bridgehead atoms. The summed E-state index contributed by atoms with van der Waals surface area (Å²) in [4.78, 5) is 2.12. The van der Waals surface area contributed by atoms with Crippen molar-refractivity contribution in [2.24, 2.45) is 0 Å². The van der Waals surface area contributed by atoms with Gasteiger partial charge in [-0.25, -0.2) is 4.39 Å². The zero-order valence-electron chi connectivity index (χ0n) is 10.7. The number of halogens is 1. The zero-order chi connectivity index (χ0) is 13.2. The number of nitrogens with one attached hydrogen (secondary N) is 1. The number of rotatable bonds is 2. The standard InChI is InChI=1S/C14H17FN4/c15-11-8-10(12-9-14(16)18-17-12)4-5-13(11)19-6-2-1-3-7-19/h4-5,8-9H,1-3,6-7H2,(H3,16,17,18). The van der Waals surface area contributed by atoms with Gasteiger partial charge in [0.25, 0.3) is 0 Å². The highest BCUT2D eigenvalue weighted by molar-refractivity contribution is 5.65. The van der Waals surface area contributed by atoms with Crippen molar-refractivity contribution in [1.29, 1.82) is 0 Å². The second kappa shape index (κ2) is 4.91. The lowest BCUT2D eigenvalue weighted by molar-refractivity contribution is 0.557. The number of nitrogens with two attached hydrogens (primary N) is 1. The Bertz CT molecular complexity index is 573. The van der Waals surface area contributed by atoms with E-state index in [4.69, 9.17) is 5.73 Å². The number of benzene rings is 1. The molecule has 0 aliphatic carbocycles. The van der Waals surface area contributed by atoms with Crippen molar-refractivity contribution in [3.63, 3.8) is 0 Å². The van der Waals surface area contributed by atoms with Crippen molar-refractivity contribution in [3.05, 3.63) is 30.1 Å². The summed E-state index contributed by atoms with van der Waals surface area (Å²) in [7, 11) is 0. The van der Waals surface area contributed by atoms with Gasteiger partial charge in [-0.2, -0.15) is 5.10 Å². The monoisotopic (exact) mass is 260 g/mol. The van der Waals surface area contributed by atoms with Crippen LogP contribution in [0.3, 0.4) is 0 Å². The smallest absolute Gasteiger partial charge is 0.147 e. The Morgan fingerprint density at radius 3 is 2.58 bits per heavy atom. The number of aromatic amines is 1. The maximum Gasteiger partial charge on any atom is 0.147 e. The maximum absolute atomic E-state index is 14.2. The van der Waals surface area contributed by atoms with Crippen molar-refractivity contribution < 1.29 is 4.39 Å². The number of aromatic nitrogens is 2. The molecule has 100 valence electrons. The van der Waals surface area contributed by atoms with Crippen molar-refractivity contribution in [2.75, 3.05) is 23.7 Å². The minimum Gasteiger partial charge on any atom is -0.382 e. The number of nitrogen functional groups attached to an aromatic ring is 1. The summed E-state index contributed by atoms with van der Waals surface area (Å²) in [5.74, 6) is 0.225. The first-order valence-corrected chi connectivity index (χ1v) is 6.60. The van der Waals surface area contributed by atoms with E-state index in [1.165, 1.54) is 12.5 Å². The zero-order valence-corrected chi connectivity index (χ0v) is 10.7. The van der Waals surface area contributed by atoms with Crippen LogP contribution < -0.4 is 10.6 Å². The topological polar surface area (TPSA) is 57.9 Å². The van der Waals surface area contributed by atoms with Crippen molar-refractivity contribution >= 4 is 11.5 Å². The Balaban J connectivity index is 1.89. The minimum atomic E-state index is -0.187. The van der Waals surface area contributed by atoms with E-state index in [0.717, 1.165) is 37.2 Å². The summed E-state index contributed by atoms with van der Waals surface area (Å²) in [6.07, 6.45) is 3.51. The molecule has 3 N–H and O–H groups in total. The van der Waals surface area contributed by atoms with Crippen LogP contribution in [0, 0.1) is 5.82 Å². The largest absolute Gasteiger partial charge is 0.382 e. The number of hydrogen-bond donors (Lipinski definition) is 2. The van der Waals surface area contributed by atoms with Crippen LogP contribution in [0.2, 0.25) is 0 Å². The quantitative estimate of drug-likeness (QED) is 0.873. The molecule has 0 atom stereocenters. The van der Waals surface area contributed by atoms with E-state index in [0.29, 0.717) is 11.5 Å². The lowest BCUT2D eigenvalue weighted by Crippen LogP contribution is -2.30. The molecule has 1 aliphatic heterocycles. The van der Waals surface area contributed by atoms with Gasteiger partial charge in [0.05, 0.1) is 11.4 Å². The maximum atomic E-state index is 14.2. The molecule has 1 aromatic carbocycles. The van der Waals surface area contributed by atoms with Gasteiger partial charge >= 0.3 is 0 Å². The second-order valence-corrected chi connectivity index (χ2v) is 4.92. The summed E-state index contributed by atoms with van der Waals surface area (Å²) in [5.41, 5.74) is 7.75. The van der Waals surface area contributed by atoms with Crippen LogP contribution in [-0.2, 0) is 0 Å². The van der Waals surface area contributed by atoms with E-state index < -0.39 is 0 Å². The predicted octanol–water partition coefficient (Wildman–Crippen LogP) is 2.79. The molecule has 3 rings (SSSR count). The van der Waals surface area contributed by atoms with Gasteiger partial charge < -0.3 is 10.6 Å². The van der Waals surface area contributed by atoms with Gasteiger partial charge in [0.2, 0.25) is 0 Å². The summed E-state index contributed by atoms with van der Waals surface area (Å²) >= 11 is 0. The average Bonchev–Trinajstić information content (AvgIpc) is 2.86. The minimum absolute atomic E-state index is 0.187. The summed E-state index contributed by atoms with van der Waals surface area (Å²) in [6.45, 7) is 1.88. The summed E-state index contributed by atoms with van der Waals surface area (Å²) in [6, 6.07) is 6.99. The molecule has 0 saturated carbocycles. The summed E-state index contributed by atoms with van der Waals surface area (Å²) in [5, 5.41) is 6.65. The Labute approximate surface area is 111 Å². The van der Waals surface area contributed by atoms with Crippen LogP contribution in [0.5, 0.6) is 0 Å². The molecule has 5 heteroatoms. The fourth-order valence-corrected chi connectivity index (χ4v) is 2.55. The Morgan fingerprint density at radius 2 is 1.95 bits per heavy atom. The highest BCUT2D eigenvalue weighted by Gasteiger charge is 2.15. The van der Waals surface area contributed by atoms with Gasteiger partial charge in [-0.15, -0.1) is 0 Å². The van der Waals surface area contributed by atoms with Crippen molar-refractivity contribution in [2.45, 2.75) is 19.3 Å². The van der Waals surface area contributed by atoms with Gasteiger partial charge in [-0.05, 0) is 31.4 Å². The highest BCUT2D eigenvalue weighted by atomic mass is 19.1. The van der Waals surface area contributed by atoms with E-state index in [-0.39, 0.29) is 5.82 Å². The molecule has 0 amide bonds. The van der Waals surface area contributed by atoms with E-state index in [1.807, 2.05) is 12.1 Å². The SMILES string of the molecule is Nc1cc(-c2ccc(N3CCCCC3)c(F)c2)[nH]n1. The van der Waals surface area contributed by atoms with Gasteiger partial charge in [0.1, 0.15) is 11.6 Å². The Kier molecular flexibility index (Phi) is 3.11. The highest BCUT2D eigenvalue weighted by Crippen LogP contribution is 2.27. The normalized spacial score (nSPS) is 15.7. The first-order chi connectivity index (χ1) is 9.24. The van der Waals surface area contributed by atoms with Crippen LogP contribution in [0.25, 0.3) is 11.3 Å². The number of hydrogen-bond acceptors (Lipinski definition) is 3. The summed E-state index contributed by atoms with van der Waals surface area (Å²) < 4.78 is 14.2. The number of piperidine rings is 1.